The van der Waals surface area contributed by atoms with Crippen LogP contribution in [0, 0.1) is 0 Å². The first-order chi connectivity index (χ1) is 5.33. The highest BCUT2D eigenvalue weighted by Gasteiger charge is 1.98. The zero-order valence-corrected chi connectivity index (χ0v) is 8.39. The van der Waals surface area contributed by atoms with Gasteiger partial charge in [0, 0.05) is 12.1 Å². The van der Waals surface area contributed by atoms with Gasteiger partial charge in [-0.2, -0.15) is 4.57 Å². The summed E-state index contributed by atoms with van der Waals surface area (Å²) in [5, 5.41) is 0.862. The summed E-state index contributed by atoms with van der Waals surface area (Å²) >= 11 is 5.84. The fraction of sp³-hybridized carbons (Fsp3) is 0.222. The van der Waals surface area contributed by atoms with Gasteiger partial charge in [-0.25, -0.2) is 0 Å². The van der Waals surface area contributed by atoms with E-state index in [0.29, 0.717) is 0 Å². The molecule has 0 aliphatic rings. The van der Waals surface area contributed by atoms with Crippen LogP contribution in [-0.4, -0.2) is 0 Å². The van der Waals surface area contributed by atoms with E-state index >= 15 is 0 Å². The van der Waals surface area contributed by atoms with Crippen LogP contribution in [-0.2, 0) is 6.54 Å². The number of rotatable bonds is 2. The smallest absolute Gasteiger partial charge is 0.183 e. The van der Waals surface area contributed by atoms with Gasteiger partial charge in [-0.15, -0.1) is 0 Å². The van der Waals surface area contributed by atoms with Crippen LogP contribution in [0.3, 0.4) is 0 Å². The van der Waals surface area contributed by atoms with Crippen molar-refractivity contribution >= 4 is 11.6 Å². The monoisotopic (exact) mass is 203 g/mol. The SMILES string of the molecule is CC=C(Cl)C[n+]1ccccc1.[Cl-]. The molecule has 0 amide bonds. The summed E-state index contributed by atoms with van der Waals surface area (Å²) in [5.41, 5.74) is 0. The first-order valence-electron chi connectivity index (χ1n) is 3.57. The maximum atomic E-state index is 5.84. The zero-order chi connectivity index (χ0) is 8.10. The van der Waals surface area contributed by atoms with Crippen LogP contribution in [0.5, 0.6) is 0 Å². The van der Waals surface area contributed by atoms with Gasteiger partial charge in [0.15, 0.2) is 18.9 Å². The van der Waals surface area contributed by atoms with Crippen molar-refractivity contribution in [1.29, 1.82) is 0 Å². The molecule has 0 saturated carbocycles. The first kappa shape index (κ1) is 11.5. The molecule has 12 heavy (non-hydrogen) atoms. The van der Waals surface area contributed by atoms with E-state index in [1.165, 1.54) is 0 Å². The van der Waals surface area contributed by atoms with Gasteiger partial charge in [-0.3, -0.25) is 0 Å². The van der Waals surface area contributed by atoms with Crippen molar-refractivity contribution in [2.45, 2.75) is 13.5 Å². The lowest BCUT2D eigenvalue weighted by Gasteiger charge is -1.92. The molecule has 0 bridgehead atoms. The Hall–Kier alpha value is -0.530. The van der Waals surface area contributed by atoms with E-state index in [0.717, 1.165) is 11.6 Å². The number of hydrogen-bond donors (Lipinski definition) is 0. The Bertz CT molecular complexity index is 244. The highest BCUT2D eigenvalue weighted by atomic mass is 35.5. The van der Waals surface area contributed by atoms with Crippen LogP contribution >= 0.6 is 11.6 Å². The minimum absolute atomic E-state index is 0. The fourth-order valence-electron chi connectivity index (χ4n) is 0.805. The van der Waals surface area contributed by atoms with E-state index in [9.17, 15) is 0 Å². The first-order valence-corrected chi connectivity index (χ1v) is 3.95. The van der Waals surface area contributed by atoms with Crippen molar-refractivity contribution < 1.29 is 17.0 Å². The van der Waals surface area contributed by atoms with Crippen LogP contribution in [0.15, 0.2) is 41.7 Å². The zero-order valence-electron chi connectivity index (χ0n) is 6.87. The second kappa shape index (κ2) is 6.04. The number of pyridine rings is 1. The average Bonchev–Trinajstić information content (AvgIpc) is 2.06. The summed E-state index contributed by atoms with van der Waals surface area (Å²) < 4.78 is 2.03. The molecule has 0 fully saturated rings. The number of halogens is 2. The molecule has 0 saturated heterocycles. The highest BCUT2D eigenvalue weighted by Crippen LogP contribution is 1.98. The van der Waals surface area contributed by atoms with Crippen LogP contribution in [0.1, 0.15) is 6.92 Å². The molecular formula is C9H11Cl2N. The van der Waals surface area contributed by atoms with Crippen LogP contribution < -0.4 is 17.0 Å². The van der Waals surface area contributed by atoms with Crippen molar-refractivity contribution in [2.75, 3.05) is 0 Å². The lowest BCUT2D eigenvalue weighted by atomic mass is 10.4. The van der Waals surface area contributed by atoms with Crippen molar-refractivity contribution in [2.24, 2.45) is 0 Å². The van der Waals surface area contributed by atoms with E-state index in [1.807, 2.05) is 48.2 Å². The standard InChI is InChI=1S/C9H11ClN.ClH/c1-2-9(10)8-11-6-4-3-5-7-11;/h2-7H,8H2,1H3;1H/q+1;/p-1. The van der Waals surface area contributed by atoms with E-state index in [1.54, 1.807) is 0 Å². The molecule has 1 heterocycles. The number of aromatic nitrogens is 1. The van der Waals surface area contributed by atoms with Gasteiger partial charge in [0.2, 0.25) is 0 Å². The van der Waals surface area contributed by atoms with Gasteiger partial charge in [0.05, 0.1) is 5.03 Å². The highest BCUT2D eigenvalue weighted by molar-refractivity contribution is 6.29. The lowest BCUT2D eigenvalue weighted by molar-refractivity contribution is -0.688. The third kappa shape index (κ3) is 3.74. The number of nitrogens with zero attached hydrogens (tertiary/aromatic N) is 1. The molecule has 3 heteroatoms. The quantitative estimate of drug-likeness (QED) is 0.551. The average molecular weight is 204 g/mol. The van der Waals surface area contributed by atoms with Gasteiger partial charge >= 0.3 is 0 Å². The second-order valence-corrected chi connectivity index (χ2v) is 2.77. The molecule has 0 aliphatic heterocycles. The topological polar surface area (TPSA) is 3.88 Å². The fourth-order valence-corrected chi connectivity index (χ4v) is 0.943. The number of allylic oxidation sites excluding steroid dienone is 2. The van der Waals surface area contributed by atoms with Crippen molar-refractivity contribution in [1.82, 2.24) is 0 Å². The van der Waals surface area contributed by atoms with Crippen molar-refractivity contribution in [3.8, 4) is 0 Å². The van der Waals surface area contributed by atoms with Crippen molar-refractivity contribution in [3.63, 3.8) is 0 Å². The maximum absolute atomic E-state index is 5.84. The largest absolute Gasteiger partial charge is 1.00 e. The van der Waals surface area contributed by atoms with Crippen LogP contribution in [0.2, 0.25) is 0 Å². The molecular weight excluding hydrogens is 193 g/mol. The molecule has 0 atom stereocenters. The van der Waals surface area contributed by atoms with Gasteiger partial charge in [0.25, 0.3) is 0 Å². The molecule has 0 radical (unpaired) electrons. The minimum Gasteiger partial charge on any atom is -1.00 e. The van der Waals surface area contributed by atoms with E-state index in [2.05, 4.69) is 0 Å². The van der Waals surface area contributed by atoms with Gasteiger partial charge in [-0.05, 0) is 6.92 Å². The molecule has 66 valence electrons. The Kier molecular flexibility index (Phi) is 5.77. The molecule has 0 N–H and O–H groups in total. The Balaban J connectivity index is 0.00000121. The van der Waals surface area contributed by atoms with Gasteiger partial charge in [0.1, 0.15) is 0 Å². The summed E-state index contributed by atoms with van der Waals surface area (Å²) in [4.78, 5) is 0. The third-order valence-electron chi connectivity index (χ3n) is 1.42. The molecule has 0 spiro atoms. The molecule has 0 aliphatic carbocycles. The molecule has 0 aromatic carbocycles. The minimum atomic E-state index is 0. The summed E-state index contributed by atoms with van der Waals surface area (Å²) in [6.07, 6.45) is 5.89. The van der Waals surface area contributed by atoms with E-state index in [-0.39, 0.29) is 12.4 Å². The van der Waals surface area contributed by atoms with Crippen LogP contribution in [0.25, 0.3) is 0 Å². The summed E-state index contributed by atoms with van der Waals surface area (Å²) in [7, 11) is 0. The molecule has 1 aromatic heterocycles. The van der Waals surface area contributed by atoms with Crippen LogP contribution in [0.4, 0.5) is 0 Å². The van der Waals surface area contributed by atoms with E-state index < -0.39 is 0 Å². The van der Waals surface area contributed by atoms with Gasteiger partial charge < -0.3 is 12.4 Å². The van der Waals surface area contributed by atoms with Gasteiger partial charge in [-0.1, -0.05) is 23.7 Å². The molecule has 1 aromatic rings. The Morgan fingerprint density at radius 1 is 1.33 bits per heavy atom. The third-order valence-corrected chi connectivity index (χ3v) is 1.76. The number of hydrogen-bond acceptors (Lipinski definition) is 0. The molecule has 1 nitrogen and oxygen atoms in total. The normalized spacial score (nSPS) is 10.7. The summed E-state index contributed by atoms with van der Waals surface area (Å²) in [5.74, 6) is 0. The predicted octanol–water partition coefficient (Wildman–Crippen LogP) is -0.879. The second-order valence-electron chi connectivity index (χ2n) is 2.28. The Morgan fingerprint density at radius 2 is 1.92 bits per heavy atom. The Labute approximate surface area is 84.1 Å². The Morgan fingerprint density at radius 3 is 2.42 bits per heavy atom. The summed E-state index contributed by atoms with van der Waals surface area (Å²) in [6, 6.07) is 5.96. The molecule has 0 unspecified atom stereocenters. The predicted molar refractivity (Wildman–Crippen MR) is 46.2 cm³/mol. The maximum Gasteiger partial charge on any atom is 0.183 e. The van der Waals surface area contributed by atoms with E-state index in [4.69, 9.17) is 11.6 Å². The molecule has 1 rings (SSSR count). The summed E-state index contributed by atoms with van der Waals surface area (Å²) in [6.45, 7) is 2.70. The lowest BCUT2D eigenvalue weighted by Crippen LogP contribution is -3.00. The van der Waals surface area contributed by atoms with Crippen molar-refractivity contribution in [3.05, 3.63) is 41.7 Å².